The van der Waals surface area contributed by atoms with Crippen LogP contribution in [-0.4, -0.2) is 13.1 Å². The Morgan fingerprint density at radius 2 is 1.69 bits per heavy atom. The molecule has 0 spiro atoms. The number of hydrogen-bond donors (Lipinski definition) is 0. The zero-order valence-corrected chi connectivity index (χ0v) is 8.20. The van der Waals surface area contributed by atoms with E-state index >= 15 is 0 Å². The summed E-state index contributed by atoms with van der Waals surface area (Å²) in [5, 5.41) is 0. The molecule has 70 valence electrons. The van der Waals surface area contributed by atoms with Crippen LogP contribution in [0.3, 0.4) is 0 Å². The Morgan fingerprint density at radius 3 is 2.08 bits per heavy atom. The molecule has 2 heteroatoms. The maximum atomic E-state index is 11.2. The van der Waals surface area contributed by atoms with Gasteiger partial charge in [-0.3, -0.25) is 4.79 Å². The number of hydrogen-bond acceptors (Lipinski definition) is 2. The number of ether oxygens (including phenoxy) is 1. The van der Waals surface area contributed by atoms with Crippen LogP contribution in [0.2, 0.25) is 0 Å². The molecule has 0 unspecified atom stereocenters. The van der Waals surface area contributed by atoms with Crippen LogP contribution in [0.15, 0.2) is 35.5 Å². The molecule has 0 aliphatic heterocycles. The van der Waals surface area contributed by atoms with Crippen molar-refractivity contribution in [3.8, 4) is 0 Å². The topological polar surface area (TPSA) is 26.3 Å². The summed E-state index contributed by atoms with van der Waals surface area (Å²) >= 11 is 0. The van der Waals surface area contributed by atoms with Gasteiger partial charge in [0, 0.05) is 0 Å². The van der Waals surface area contributed by atoms with Crippen molar-refractivity contribution in [2.45, 2.75) is 13.8 Å². The van der Waals surface area contributed by atoms with Gasteiger partial charge in [0.25, 0.3) is 0 Å². The normalized spacial score (nSPS) is 17.5. The van der Waals surface area contributed by atoms with Gasteiger partial charge in [0.05, 0.1) is 13.0 Å². The Kier molecular flexibility index (Phi) is 3.07. The number of carbonyl (C=O) groups excluding carboxylic acids is 1. The van der Waals surface area contributed by atoms with Crippen LogP contribution >= 0.6 is 0 Å². The van der Waals surface area contributed by atoms with E-state index in [-0.39, 0.29) is 11.9 Å². The first-order valence-corrected chi connectivity index (χ1v) is 4.27. The van der Waals surface area contributed by atoms with Gasteiger partial charge in [0.1, 0.15) is 0 Å². The molecule has 0 bridgehead atoms. The number of carbonyl (C=O) groups is 1. The highest BCUT2D eigenvalue weighted by Crippen LogP contribution is 2.16. The van der Waals surface area contributed by atoms with Crippen LogP contribution in [0.1, 0.15) is 13.8 Å². The van der Waals surface area contributed by atoms with Crippen LogP contribution in [-0.2, 0) is 9.53 Å². The first-order chi connectivity index (χ1) is 6.15. The molecule has 0 atom stereocenters. The molecule has 1 aliphatic rings. The Labute approximate surface area is 78.6 Å². The second-order valence-electron chi connectivity index (χ2n) is 3.13. The maximum absolute atomic E-state index is 11.2. The Morgan fingerprint density at radius 1 is 1.23 bits per heavy atom. The van der Waals surface area contributed by atoms with Crippen LogP contribution < -0.4 is 0 Å². The molecule has 0 radical (unpaired) electrons. The number of esters is 1. The minimum atomic E-state index is -0.239. The Bertz CT molecular complexity index is 273. The molecule has 0 N–H and O–H groups in total. The molecule has 13 heavy (non-hydrogen) atoms. The van der Waals surface area contributed by atoms with Crippen LogP contribution in [0.4, 0.5) is 0 Å². The summed E-state index contributed by atoms with van der Waals surface area (Å²) in [6.45, 7) is 4.05. The highest BCUT2D eigenvalue weighted by Gasteiger charge is 2.13. The second kappa shape index (κ2) is 4.08. The molecule has 0 saturated carbocycles. The zero-order valence-electron chi connectivity index (χ0n) is 8.20. The number of allylic oxidation sites excluding steroid dienone is 4. The third-order valence-electron chi connectivity index (χ3n) is 2.20. The van der Waals surface area contributed by atoms with Gasteiger partial charge < -0.3 is 4.74 Å². The molecule has 0 amide bonds. The van der Waals surface area contributed by atoms with E-state index in [0.29, 0.717) is 0 Å². The van der Waals surface area contributed by atoms with E-state index in [1.54, 1.807) is 0 Å². The minimum absolute atomic E-state index is 0.213. The molecule has 0 heterocycles. The largest absolute Gasteiger partial charge is 0.468 e. The molecular formula is C11H14O2. The highest BCUT2D eigenvalue weighted by atomic mass is 16.5. The molecule has 0 fully saturated rings. The third-order valence-corrected chi connectivity index (χ3v) is 2.20. The summed E-state index contributed by atoms with van der Waals surface area (Å²) in [4.78, 5) is 11.2. The summed E-state index contributed by atoms with van der Waals surface area (Å²) in [7, 11) is 1.40. The van der Waals surface area contributed by atoms with Crippen molar-refractivity contribution in [3.05, 3.63) is 35.5 Å². The lowest BCUT2D eigenvalue weighted by molar-refractivity contribution is -0.142. The zero-order chi connectivity index (χ0) is 9.84. The maximum Gasteiger partial charge on any atom is 0.316 e. The first-order valence-electron chi connectivity index (χ1n) is 4.27. The molecule has 1 rings (SSSR count). The Balaban J connectivity index is 2.84. The lowest BCUT2D eigenvalue weighted by atomic mass is 10.1. The molecule has 0 aromatic heterocycles. The molecule has 1 aliphatic carbocycles. The average molecular weight is 178 g/mol. The minimum Gasteiger partial charge on any atom is -0.468 e. The van der Waals surface area contributed by atoms with Crippen LogP contribution in [0.25, 0.3) is 0 Å². The van der Waals surface area contributed by atoms with E-state index in [1.807, 2.05) is 38.2 Å². The van der Waals surface area contributed by atoms with Crippen molar-refractivity contribution in [1.82, 2.24) is 0 Å². The van der Waals surface area contributed by atoms with Gasteiger partial charge in [-0.1, -0.05) is 24.3 Å². The van der Waals surface area contributed by atoms with Gasteiger partial charge in [-0.15, -0.1) is 0 Å². The van der Waals surface area contributed by atoms with E-state index in [0.717, 1.165) is 0 Å². The van der Waals surface area contributed by atoms with E-state index in [2.05, 4.69) is 4.74 Å². The van der Waals surface area contributed by atoms with E-state index in [4.69, 9.17) is 0 Å². The lowest BCUT2D eigenvalue weighted by Gasteiger charge is -2.02. The smallest absolute Gasteiger partial charge is 0.316 e. The van der Waals surface area contributed by atoms with Gasteiger partial charge in [-0.25, -0.2) is 0 Å². The molecule has 2 nitrogen and oxygen atoms in total. The van der Waals surface area contributed by atoms with Crippen molar-refractivity contribution < 1.29 is 9.53 Å². The fourth-order valence-corrected chi connectivity index (χ4v) is 1.12. The van der Waals surface area contributed by atoms with E-state index in [9.17, 15) is 4.79 Å². The molecule has 0 aromatic carbocycles. The van der Waals surface area contributed by atoms with Gasteiger partial charge in [-0.2, -0.15) is 0 Å². The Hall–Kier alpha value is -1.31. The predicted molar refractivity (Wildman–Crippen MR) is 52.2 cm³/mol. The number of rotatable bonds is 1. The standard InChI is InChI=1S/C11H14O2/c1-8-4-6-10(11(12)13-3)7-5-9(8)2/h4-7,10H,1-3H3. The molecule has 0 saturated heterocycles. The first kappa shape index (κ1) is 9.78. The summed E-state index contributed by atoms with van der Waals surface area (Å²) < 4.78 is 4.66. The quantitative estimate of drug-likeness (QED) is 0.575. The molecular weight excluding hydrogens is 164 g/mol. The third kappa shape index (κ3) is 2.31. The van der Waals surface area contributed by atoms with Gasteiger partial charge in [0.15, 0.2) is 0 Å². The van der Waals surface area contributed by atoms with Crippen LogP contribution in [0.5, 0.6) is 0 Å². The fourth-order valence-electron chi connectivity index (χ4n) is 1.12. The van der Waals surface area contributed by atoms with Gasteiger partial charge in [-0.05, 0) is 25.0 Å². The number of methoxy groups -OCH3 is 1. The summed E-state index contributed by atoms with van der Waals surface area (Å²) in [6, 6.07) is 0. The van der Waals surface area contributed by atoms with Crippen molar-refractivity contribution in [2.24, 2.45) is 5.92 Å². The van der Waals surface area contributed by atoms with Crippen molar-refractivity contribution in [2.75, 3.05) is 7.11 Å². The summed E-state index contributed by atoms with van der Waals surface area (Å²) in [5.41, 5.74) is 2.37. The van der Waals surface area contributed by atoms with Crippen molar-refractivity contribution >= 4 is 5.97 Å². The highest BCUT2D eigenvalue weighted by molar-refractivity contribution is 5.77. The summed E-state index contributed by atoms with van der Waals surface area (Å²) in [6.07, 6.45) is 7.62. The van der Waals surface area contributed by atoms with Gasteiger partial charge >= 0.3 is 5.97 Å². The van der Waals surface area contributed by atoms with Crippen LogP contribution in [0, 0.1) is 5.92 Å². The van der Waals surface area contributed by atoms with Crippen molar-refractivity contribution in [1.29, 1.82) is 0 Å². The fraction of sp³-hybridized carbons (Fsp3) is 0.364. The second-order valence-corrected chi connectivity index (χ2v) is 3.13. The van der Waals surface area contributed by atoms with Gasteiger partial charge in [0.2, 0.25) is 0 Å². The predicted octanol–water partition coefficient (Wildman–Crippen LogP) is 2.24. The SMILES string of the molecule is COC(=O)C1C=CC(C)=C(C)C=C1. The average Bonchev–Trinajstić information content (AvgIpc) is 2.30. The molecule has 0 aromatic rings. The van der Waals surface area contributed by atoms with E-state index < -0.39 is 0 Å². The lowest BCUT2D eigenvalue weighted by Crippen LogP contribution is -2.10. The monoisotopic (exact) mass is 178 g/mol. The van der Waals surface area contributed by atoms with Crippen molar-refractivity contribution in [3.63, 3.8) is 0 Å². The van der Waals surface area contributed by atoms with E-state index in [1.165, 1.54) is 18.3 Å². The summed E-state index contributed by atoms with van der Waals surface area (Å²) in [5.74, 6) is -0.451.